The minimum absolute atomic E-state index is 0.125. The lowest BCUT2D eigenvalue weighted by atomic mass is 10.0. The molecule has 1 heterocycles. The highest BCUT2D eigenvalue weighted by Gasteiger charge is 2.23. The largest absolute Gasteiger partial charge is 0.495 e. The third kappa shape index (κ3) is 4.25. The number of ether oxygens (including phenoxy) is 1. The number of rotatable bonds is 5. The van der Waals surface area contributed by atoms with E-state index in [1.165, 1.54) is 7.11 Å². The minimum Gasteiger partial charge on any atom is -0.495 e. The summed E-state index contributed by atoms with van der Waals surface area (Å²) in [6.45, 7) is 0. The summed E-state index contributed by atoms with van der Waals surface area (Å²) >= 11 is 5.59. The highest BCUT2D eigenvalue weighted by Crippen LogP contribution is 2.27. The van der Waals surface area contributed by atoms with Crippen molar-refractivity contribution < 1.29 is 4.74 Å². The van der Waals surface area contributed by atoms with Gasteiger partial charge in [0.2, 0.25) is 0 Å². The van der Waals surface area contributed by atoms with Crippen LogP contribution >= 0.6 is 12.2 Å². The number of H-pyrrole nitrogens is 1. The van der Waals surface area contributed by atoms with Crippen molar-refractivity contribution in [2.45, 2.75) is 0 Å². The molecule has 3 rings (SSSR count). The predicted octanol–water partition coefficient (Wildman–Crippen LogP) is 3.47. The fraction of sp³-hybridized carbons (Fsp3) is 0.0455. The van der Waals surface area contributed by atoms with Crippen LogP contribution in [0.3, 0.4) is 0 Å². The van der Waals surface area contributed by atoms with Crippen LogP contribution in [0.1, 0.15) is 22.6 Å². The van der Waals surface area contributed by atoms with Gasteiger partial charge in [-0.3, -0.25) is 4.79 Å². The van der Waals surface area contributed by atoms with Gasteiger partial charge in [0.05, 0.1) is 12.7 Å². The molecule has 0 spiro atoms. The Balaban J connectivity index is 2.27. The van der Waals surface area contributed by atoms with Crippen molar-refractivity contribution in [3.8, 4) is 12.1 Å². The lowest BCUT2D eigenvalue weighted by molar-refractivity contribution is 0.372. The van der Waals surface area contributed by atoms with Crippen LogP contribution in [0, 0.1) is 22.7 Å². The molecule has 30 heavy (non-hydrogen) atoms. The lowest BCUT2D eigenvalue weighted by Crippen LogP contribution is -2.24. The average molecular weight is 413 g/mol. The molecule has 3 aromatic rings. The second-order valence-corrected chi connectivity index (χ2v) is 6.36. The van der Waals surface area contributed by atoms with Gasteiger partial charge in [-0.05, 0) is 12.1 Å². The summed E-state index contributed by atoms with van der Waals surface area (Å²) in [7, 11) is 1.45. The summed E-state index contributed by atoms with van der Waals surface area (Å²) in [5, 5.41) is 21.6. The second kappa shape index (κ2) is 9.28. The maximum absolute atomic E-state index is 12.8. The third-order valence-corrected chi connectivity index (χ3v) is 4.40. The third-order valence-electron chi connectivity index (χ3n) is 4.09. The number of aromatic amines is 1. The standard InChI is InChI=1S/C22H15N5O2S/c1-29-20(14-8-4-2-5-9-14)18(22(30)25-15-10-6-3-7-11-15)19-21(28)27-17(13-24)16(12-23)26-19/h2-11H,1H3,(H,25,30)(H,27,28)/b20-18+. The van der Waals surface area contributed by atoms with Gasteiger partial charge >= 0.3 is 0 Å². The Kier molecular flexibility index (Phi) is 6.33. The molecule has 0 saturated heterocycles. The molecule has 0 radical (unpaired) electrons. The van der Waals surface area contributed by atoms with Crippen molar-refractivity contribution in [2.24, 2.45) is 0 Å². The van der Waals surface area contributed by atoms with E-state index in [1.807, 2.05) is 54.6 Å². The Labute approximate surface area is 177 Å². The fourth-order valence-electron chi connectivity index (χ4n) is 2.77. The Morgan fingerprint density at radius 2 is 1.70 bits per heavy atom. The number of nitrogens with one attached hydrogen (secondary N) is 2. The van der Waals surface area contributed by atoms with Crippen LogP contribution in [0.5, 0.6) is 0 Å². The molecule has 2 N–H and O–H groups in total. The van der Waals surface area contributed by atoms with Gasteiger partial charge in [0.15, 0.2) is 11.4 Å². The van der Waals surface area contributed by atoms with Crippen LogP contribution in [0.2, 0.25) is 0 Å². The zero-order valence-corrected chi connectivity index (χ0v) is 16.7. The average Bonchev–Trinajstić information content (AvgIpc) is 2.78. The molecule has 7 nitrogen and oxygen atoms in total. The molecular formula is C22H15N5O2S. The summed E-state index contributed by atoms with van der Waals surface area (Å²) in [5.74, 6) is 0.302. The number of methoxy groups -OCH3 is 1. The normalized spacial score (nSPS) is 10.9. The molecule has 2 aromatic carbocycles. The Hall–Kier alpha value is -4.27. The Bertz CT molecular complexity index is 1250. The first kappa shape index (κ1) is 20.5. The number of benzene rings is 2. The fourth-order valence-corrected chi connectivity index (χ4v) is 3.08. The van der Waals surface area contributed by atoms with Crippen LogP contribution in [-0.4, -0.2) is 22.1 Å². The first-order valence-corrected chi connectivity index (χ1v) is 9.14. The number of thiocarbonyl (C=S) groups is 1. The van der Waals surface area contributed by atoms with E-state index in [0.29, 0.717) is 17.0 Å². The van der Waals surface area contributed by atoms with Gasteiger partial charge in [0.25, 0.3) is 5.56 Å². The summed E-state index contributed by atoms with van der Waals surface area (Å²) in [6.07, 6.45) is 0. The summed E-state index contributed by atoms with van der Waals surface area (Å²) in [6, 6.07) is 21.8. The molecule has 0 saturated carbocycles. The number of nitrogens with zero attached hydrogens (tertiary/aromatic N) is 3. The van der Waals surface area contributed by atoms with Crippen molar-refractivity contribution in [3.63, 3.8) is 0 Å². The Morgan fingerprint density at radius 3 is 2.27 bits per heavy atom. The zero-order valence-electron chi connectivity index (χ0n) is 15.8. The van der Waals surface area contributed by atoms with Crippen molar-refractivity contribution in [1.82, 2.24) is 9.97 Å². The molecule has 0 aliphatic rings. The quantitative estimate of drug-likeness (QED) is 0.374. The Morgan fingerprint density at radius 1 is 1.07 bits per heavy atom. The molecular weight excluding hydrogens is 398 g/mol. The molecule has 0 unspecified atom stereocenters. The maximum atomic E-state index is 12.8. The van der Waals surface area contributed by atoms with E-state index in [4.69, 9.17) is 22.2 Å². The van der Waals surface area contributed by atoms with Gasteiger partial charge in [0, 0.05) is 11.3 Å². The van der Waals surface area contributed by atoms with Gasteiger partial charge in [-0.15, -0.1) is 0 Å². The minimum atomic E-state index is -0.664. The van der Waals surface area contributed by atoms with Crippen LogP contribution < -0.4 is 10.9 Å². The predicted molar refractivity (Wildman–Crippen MR) is 117 cm³/mol. The number of anilines is 1. The van der Waals surface area contributed by atoms with Crippen molar-refractivity contribution >= 4 is 34.2 Å². The van der Waals surface area contributed by atoms with E-state index in [9.17, 15) is 10.1 Å². The van der Waals surface area contributed by atoms with Crippen LogP contribution in [0.15, 0.2) is 65.5 Å². The van der Waals surface area contributed by atoms with E-state index < -0.39 is 5.56 Å². The van der Waals surface area contributed by atoms with Gasteiger partial charge in [0.1, 0.15) is 28.6 Å². The van der Waals surface area contributed by atoms with Gasteiger partial charge < -0.3 is 15.0 Å². The van der Waals surface area contributed by atoms with Crippen LogP contribution in [0.4, 0.5) is 5.69 Å². The number of para-hydroxylation sites is 1. The maximum Gasteiger partial charge on any atom is 0.275 e. The number of hydrogen-bond donors (Lipinski definition) is 2. The van der Waals surface area contributed by atoms with E-state index >= 15 is 0 Å². The summed E-state index contributed by atoms with van der Waals surface area (Å²) in [4.78, 5) is 19.5. The summed E-state index contributed by atoms with van der Waals surface area (Å²) in [5.41, 5.74) is 0.347. The molecule has 0 amide bonds. The smallest absolute Gasteiger partial charge is 0.275 e. The van der Waals surface area contributed by atoms with Gasteiger partial charge in [-0.1, -0.05) is 60.7 Å². The van der Waals surface area contributed by atoms with Crippen molar-refractivity contribution in [1.29, 1.82) is 10.5 Å². The van der Waals surface area contributed by atoms with Crippen LogP contribution in [-0.2, 0) is 4.74 Å². The molecule has 1 aromatic heterocycles. The van der Waals surface area contributed by atoms with E-state index in [-0.39, 0.29) is 27.6 Å². The molecule has 146 valence electrons. The van der Waals surface area contributed by atoms with E-state index in [2.05, 4.69) is 15.3 Å². The van der Waals surface area contributed by atoms with Gasteiger partial charge in [-0.25, -0.2) is 4.98 Å². The van der Waals surface area contributed by atoms with E-state index in [0.717, 1.165) is 0 Å². The topological polar surface area (TPSA) is 115 Å². The zero-order chi connectivity index (χ0) is 21.5. The van der Waals surface area contributed by atoms with Crippen LogP contribution in [0.25, 0.3) is 11.3 Å². The van der Waals surface area contributed by atoms with Crippen molar-refractivity contribution in [3.05, 3.63) is 93.7 Å². The second-order valence-electron chi connectivity index (χ2n) is 5.96. The highest BCUT2D eigenvalue weighted by molar-refractivity contribution is 7.81. The first-order chi connectivity index (χ1) is 14.6. The molecule has 0 bridgehead atoms. The SMILES string of the molecule is CO/C(=C(/C(=S)Nc1ccccc1)c1nc(C#N)c(C#N)[nH]c1=O)c1ccccc1. The molecule has 0 atom stereocenters. The van der Waals surface area contributed by atoms with E-state index in [1.54, 1.807) is 18.2 Å². The first-order valence-electron chi connectivity index (χ1n) is 8.74. The van der Waals surface area contributed by atoms with Gasteiger partial charge in [-0.2, -0.15) is 10.5 Å². The molecule has 0 fully saturated rings. The summed E-state index contributed by atoms with van der Waals surface area (Å²) < 4.78 is 5.61. The molecule has 8 heteroatoms. The van der Waals surface area contributed by atoms with Crippen molar-refractivity contribution in [2.75, 3.05) is 12.4 Å². The number of hydrogen-bond acceptors (Lipinski definition) is 6. The number of nitriles is 2. The monoisotopic (exact) mass is 413 g/mol. The lowest BCUT2D eigenvalue weighted by Gasteiger charge is -2.16. The molecule has 0 aliphatic heterocycles. The highest BCUT2D eigenvalue weighted by atomic mass is 32.1. The number of aromatic nitrogens is 2. The molecule has 0 aliphatic carbocycles.